The molecule has 2 rings (SSSR count). The Balaban J connectivity index is 2.60. The zero-order chi connectivity index (χ0) is 10.8. The number of hydrogen-bond acceptors (Lipinski definition) is 2. The van der Waals surface area contributed by atoms with Gasteiger partial charge in [-0.1, -0.05) is 11.6 Å². The second kappa shape index (κ2) is 3.90. The first kappa shape index (κ1) is 9.98. The van der Waals surface area contributed by atoms with Crippen LogP contribution in [0.5, 0.6) is 0 Å². The third-order valence-electron chi connectivity index (χ3n) is 1.84. The van der Waals surface area contributed by atoms with Crippen molar-refractivity contribution >= 4 is 11.6 Å². The first-order valence-electron chi connectivity index (χ1n) is 4.09. The summed E-state index contributed by atoms with van der Waals surface area (Å²) < 4.78 is 26.0. The van der Waals surface area contributed by atoms with Crippen molar-refractivity contribution in [1.29, 1.82) is 0 Å². The van der Waals surface area contributed by atoms with Crippen LogP contribution in [0.25, 0.3) is 11.3 Å². The van der Waals surface area contributed by atoms with Crippen molar-refractivity contribution < 1.29 is 8.78 Å². The molecule has 0 amide bonds. The maximum Gasteiger partial charge on any atom is 0.152 e. The SMILES string of the molecule is Fc1cnc(-c2ccncc2Cl)c(F)c1. The van der Waals surface area contributed by atoms with E-state index >= 15 is 0 Å². The number of hydrogen-bond donors (Lipinski definition) is 0. The van der Waals surface area contributed by atoms with Gasteiger partial charge in [-0.15, -0.1) is 0 Å². The standard InChI is InChI=1S/C10H5ClF2N2/c11-8-5-14-2-1-7(8)10-9(13)3-6(12)4-15-10/h1-5H. The predicted octanol–water partition coefficient (Wildman–Crippen LogP) is 3.08. The molecule has 0 aromatic carbocycles. The number of halogens is 3. The lowest BCUT2D eigenvalue weighted by molar-refractivity contribution is 0.576. The van der Waals surface area contributed by atoms with Gasteiger partial charge in [-0.05, 0) is 6.07 Å². The Morgan fingerprint density at radius 1 is 1.20 bits per heavy atom. The molecule has 5 heteroatoms. The normalized spacial score (nSPS) is 10.3. The monoisotopic (exact) mass is 226 g/mol. The molecule has 0 saturated carbocycles. The molecular formula is C10H5ClF2N2. The van der Waals surface area contributed by atoms with Crippen LogP contribution in [0.3, 0.4) is 0 Å². The summed E-state index contributed by atoms with van der Waals surface area (Å²) in [6.07, 6.45) is 3.78. The summed E-state index contributed by atoms with van der Waals surface area (Å²) in [6.45, 7) is 0. The molecule has 0 N–H and O–H groups in total. The summed E-state index contributed by atoms with van der Waals surface area (Å²) in [6, 6.07) is 2.28. The first-order chi connectivity index (χ1) is 7.18. The molecule has 0 saturated heterocycles. The Labute approximate surface area is 89.6 Å². The highest BCUT2D eigenvalue weighted by molar-refractivity contribution is 6.33. The van der Waals surface area contributed by atoms with E-state index in [1.54, 1.807) is 0 Å². The van der Waals surface area contributed by atoms with Crippen molar-refractivity contribution in [2.75, 3.05) is 0 Å². The Morgan fingerprint density at radius 2 is 2.00 bits per heavy atom. The van der Waals surface area contributed by atoms with E-state index in [9.17, 15) is 8.78 Å². The zero-order valence-electron chi connectivity index (χ0n) is 7.42. The van der Waals surface area contributed by atoms with E-state index in [1.165, 1.54) is 18.5 Å². The highest BCUT2D eigenvalue weighted by atomic mass is 35.5. The van der Waals surface area contributed by atoms with Crippen LogP contribution in [0.15, 0.2) is 30.7 Å². The maximum absolute atomic E-state index is 13.3. The van der Waals surface area contributed by atoms with Gasteiger partial charge in [0, 0.05) is 24.0 Å². The smallest absolute Gasteiger partial charge is 0.152 e. The number of rotatable bonds is 1. The summed E-state index contributed by atoms with van der Waals surface area (Å²) in [5.41, 5.74) is 0.410. The van der Waals surface area contributed by atoms with E-state index in [-0.39, 0.29) is 10.7 Å². The molecule has 0 unspecified atom stereocenters. The van der Waals surface area contributed by atoms with Gasteiger partial charge >= 0.3 is 0 Å². The molecule has 0 fully saturated rings. The Morgan fingerprint density at radius 3 is 2.67 bits per heavy atom. The van der Waals surface area contributed by atoms with Crippen LogP contribution in [-0.2, 0) is 0 Å². The second-order valence-electron chi connectivity index (χ2n) is 2.84. The fourth-order valence-corrected chi connectivity index (χ4v) is 1.39. The molecule has 2 aromatic heterocycles. The molecule has 0 atom stereocenters. The quantitative estimate of drug-likeness (QED) is 0.747. The van der Waals surface area contributed by atoms with Crippen molar-refractivity contribution in [3.8, 4) is 11.3 Å². The molecule has 0 bridgehead atoms. The Hall–Kier alpha value is -1.55. The third kappa shape index (κ3) is 1.94. The number of aromatic nitrogens is 2. The predicted molar refractivity (Wildman–Crippen MR) is 52.4 cm³/mol. The number of nitrogens with zero attached hydrogens (tertiary/aromatic N) is 2. The molecular weight excluding hydrogens is 222 g/mol. The Bertz CT molecular complexity index is 503. The summed E-state index contributed by atoms with van der Waals surface area (Å²) >= 11 is 5.81. The van der Waals surface area contributed by atoms with Gasteiger partial charge in [-0.3, -0.25) is 9.97 Å². The zero-order valence-corrected chi connectivity index (χ0v) is 8.17. The van der Waals surface area contributed by atoms with E-state index in [0.717, 1.165) is 12.3 Å². The molecule has 2 heterocycles. The van der Waals surface area contributed by atoms with E-state index in [0.29, 0.717) is 5.56 Å². The van der Waals surface area contributed by atoms with E-state index in [1.807, 2.05) is 0 Å². The summed E-state index contributed by atoms with van der Waals surface area (Å²) in [5, 5.41) is 0.274. The molecule has 0 radical (unpaired) electrons. The van der Waals surface area contributed by atoms with Crippen LogP contribution in [0.4, 0.5) is 8.78 Å². The highest BCUT2D eigenvalue weighted by Gasteiger charge is 2.10. The van der Waals surface area contributed by atoms with Crippen molar-refractivity contribution in [2.24, 2.45) is 0 Å². The van der Waals surface area contributed by atoms with Gasteiger partial charge in [-0.25, -0.2) is 8.78 Å². The lowest BCUT2D eigenvalue weighted by Gasteiger charge is -2.03. The van der Waals surface area contributed by atoms with Gasteiger partial charge in [0.15, 0.2) is 5.82 Å². The average molecular weight is 227 g/mol. The molecule has 0 spiro atoms. The van der Waals surface area contributed by atoms with Crippen LogP contribution in [0.1, 0.15) is 0 Å². The molecule has 2 aromatic rings. The Kier molecular flexibility index (Phi) is 2.60. The van der Waals surface area contributed by atoms with Crippen molar-refractivity contribution in [2.45, 2.75) is 0 Å². The van der Waals surface area contributed by atoms with Crippen LogP contribution in [-0.4, -0.2) is 9.97 Å². The van der Waals surface area contributed by atoms with Crippen LogP contribution < -0.4 is 0 Å². The van der Waals surface area contributed by atoms with Gasteiger partial charge in [0.05, 0.1) is 11.2 Å². The van der Waals surface area contributed by atoms with Crippen molar-refractivity contribution in [3.05, 3.63) is 47.4 Å². The third-order valence-corrected chi connectivity index (χ3v) is 2.14. The van der Waals surface area contributed by atoms with Gasteiger partial charge in [0.2, 0.25) is 0 Å². The molecule has 0 aliphatic rings. The topological polar surface area (TPSA) is 25.8 Å². The van der Waals surface area contributed by atoms with E-state index in [4.69, 9.17) is 11.6 Å². The lowest BCUT2D eigenvalue weighted by Crippen LogP contribution is -1.92. The highest BCUT2D eigenvalue weighted by Crippen LogP contribution is 2.26. The van der Waals surface area contributed by atoms with Crippen molar-refractivity contribution in [1.82, 2.24) is 9.97 Å². The van der Waals surface area contributed by atoms with Crippen LogP contribution >= 0.6 is 11.6 Å². The minimum atomic E-state index is -0.747. The second-order valence-corrected chi connectivity index (χ2v) is 3.25. The first-order valence-corrected chi connectivity index (χ1v) is 4.47. The lowest BCUT2D eigenvalue weighted by atomic mass is 10.2. The minimum absolute atomic E-state index is 0.0174. The number of pyridine rings is 2. The van der Waals surface area contributed by atoms with Gasteiger partial charge in [-0.2, -0.15) is 0 Å². The van der Waals surface area contributed by atoms with Crippen LogP contribution in [0.2, 0.25) is 5.02 Å². The molecule has 0 aliphatic carbocycles. The summed E-state index contributed by atoms with van der Waals surface area (Å²) in [7, 11) is 0. The fourth-order valence-electron chi connectivity index (χ4n) is 1.18. The van der Waals surface area contributed by atoms with Gasteiger partial charge < -0.3 is 0 Å². The average Bonchev–Trinajstić information content (AvgIpc) is 2.20. The maximum atomic E-state index is 13.3. The molecule has 15 heavy (non-hydrogen) atoms. The van der Waals surface area contributed by atoms with E-state index < -0.39 is 11.6 Å². The van der Waals surface area contributed by atoms with Gasteiger partial charge in [0.1, 0.15) is 11.5 Å². The largest absolute Gasteiger partial charge is 0.263 e. The molecule has 76 valence electrons. The molecule has 2 nitrogen and oxygen atoms in total. The van der Waals surface area contributed by atoms with Crippen LogP contribution in [0, 0.1) is 11.6 Å². The molecule has 0 aliphatic heterocycles. The minimum Gasteiger partial charge on any atom is -0.263 e. The van der Waals surface area contributed by atoms with E-state index in [2.05, 4.69) is 9.97 Å². The van der Waals surface area contributed by atoms with Crippen molar-refractivity contribution in [3.63, 3.8) is 0 Å². The summed E-state index contributed by atoms with van der Waals surface area (Å²) in [5.74, 6) is -1.47. The summed E-state index contributed by atoms with van der Waals surface area (Å²) in [4.78, 5) is 7.41. The fraction of sp³-hybridized carbons (Fsp3) is 0. The van der Waals surface area contributed by atoms with Gasteiger partial charge in [0.25, 0.3) is 0 Å².